The zero-order valence-corrected chi connectivity index (χ0v) is 10.9. The van der Waals surface area contributed by atoms with Crippen molar-refractivity contribution in [1.29, 1.82) is 0 Å². The number of hydrogen-bond donors (Lipinski definition) is 1. The zero-order chi connectivity index (χ0) is 14.5. The molecule has 2 aromatic rings. The van der Waals surface area contributed by atoms with Crippen LogP contribution in [0.3, 0.4) is 0 Å². The largest absolute Gasteiger partial charge is 0.496 e. The summed E-state index contributed by atoms with van der Waals surface area (Å²) in [4.78, 5) is 15.5. The summed E-state index contributed by atoms with van der Waals surface area (Å²) < 4.78 is 14.6. The van der Waals surface area contributed by atoms with Crippen LogP contribution in [0, 0.1) is 0 Å². The van der Waals surface area contributed by atoms with Crippen molar-refractivity contribution in [2.24, 2.45) is 0 Å². The number of para-hydroxylation sites is 1. The highest BCUT2D eigenvalue weighted by Gasteiger charge is 2.16. The molecule has 0 atom stereocenters. The van der Waals surface area contributed by atoms with Crippen molar-refractivity contribution < 1.29 is 24.2 Å². The van der Waals surface area contributed by atoms with Crippen LogP contribution in [0.15, 0.2) is 24.3 Å². The number of rotatable bonds is 5. The Bertz CT molecular complexity index is 611. The molecule has 0 radical (unpaired) electrons. The number of hydrogen-bond acceptors (Lipinski definition) is 7. The van der Waals surface area contributed by atoms with Crippen molar-refractivity contribution in [2.45, 2.75) is 0 Å². The molecule has 1 N–H and O–H groups in total. The van der Waals surface area contributed by atoms with Crippen molar-refractivity contribution in [3.05, 3.63) is 24.3 Å². The summed E-state index contributed by atoms with van der Waals surface area (Å²) in [6.07, 6.45) is 0. The Balaban J connectivity index is 2.25. The van der Waals surface area contributed by atoms with Crippen LogP contribution in [0.5, 0.6) is 11.8 Å². The van der Waals surface area contributed by atoms with Gasteiger partial charge in [0.1, 0.15) is 5.75 Å². The summed E-state index contributed by atoms with van der Waals surface area (Å²) in [6, 6.07) is 6.84. The quantitative estimate of drug-likeness (QED) is 0.637. The summed E-state index contributed by atoms with van der Waals surface area (Å²) >= 11 is 0. The molecule has 0 saturated carbocycles. The fourth-order valence-electron chi connectivity index (χ4n) is 1.53. The Kier molecular flexibility index (Phi) is 4.04. The lowest BCUT2D eigenvalue weighted by molar-refractivity contribution is -0.143. The van der Waals surface area contributed by atoms with Crippen molar-refractivity contribution >= 4 is 5.97 Å². The maximum atomic E-state index is 11.0. The van der Waals surface area contributed by atoms with E-state index in [4.69, 9.17) is 9.47 Å². The van der Waals surface area contributed by atoms with Gasteiger partial charge in [0.2, 0.25) is 5.82 Å². The third-order valence-corrected chi connectivity index (χ3v) is 2.47. The van der Waals surface area contributed by atoms with Gasteiger partial charge in [-0.15, -0.1) is 0 Å². The van der Waals surface area contributed by atoms with Gasteiger partial charge in [0.15, 0.2) is 6.61 Å². The molecule has 0 fully saturated rings. The summed E-state index contributed by atoms with van der Waals surface area (Å²) in [7, 11) is 2.75. The first-order valence-electron chi connectivity index (χ1n) is 5.65. The first-order valence-corrected chi connectivity index (χ1v) is 5.65. The number of aromatic nitrogens is 3. The number of carbonyl (C=O) groups excluding carboxylic acids is 1. The Labute approximate surface area is 114 Å². The van der Waals surface area contributed by atoms with Crippen LogP contribution in [-0.4, -0.2) is 46.9 Å². The molecule has 0 spiro atoms. The maximum Gasteiger partial charge on any atom is 0.344 e. The molecule has 0 saturated heterocycles. The van der Waals surface area contributed by atoms with Gasteiger partial charge in [0.25, 0.3) is 0 Å². The minimum absolute atomic E-state index is 0.140. The van der Waals surface area contributed by atoms with E-state index in [1.165, 1.54) is 14.2 Å². The molecule has 1 heterocycles. The normalized spacial score (nSPS) is 10.1. The van der Waals surface area contributed by atoms with E-state index >= 15 is 0 Å². The number of benzene rings is 1. The summed E-state index contributed by atoms with van der Waals surface area (Å²) in [6.45, 7) is -0.341. The van der Waals surface area contributed by atoms with Gasteiger partial charge >= 0.3 is 12.0 Å². The number of methoxy groups -OCH3 is 2. The van der Waals surface area contributed by atoms with Crippen LogP contribution in [0.2, 0.25) is 0 Å². The lowest BCUT2D eigenvalue weighted by Gasteiger charge is -2.05. The molecule has 106 valence electrons. The van der Waals surface area contributed by atoms with Crippen LogP contribution < -0.4 is 9.47 Å². The first kappa shape index (κ1) is 13.7. The third kappa shape index (κ3) is 2.79. The Morgan fingerprint density at radius 2 is 2.10 bits per heavy atom. The van der Waals surface area contributed by atoms with Gasteiger partial charge in [0, 0.05) is 0 Å². The predicted octanol–water partition coefficient (Wildman–Crippen LogP) is 0.743. The molecule has 0 aliphatic rings. The molecule has 8 heteroatoms. The fourth-order valence-corrected chi connectivity index (χ4v) is 1.53. The third-order valence-electron chi connectivity index (χ3n) is 2.47. The standard InChI is InChI=1S/C12H13N3O5/c1-18-9-6-4-3-5-8(9)11-13-12(14-15(11)17)20-7-10(16)19-2/h3-6,17H,7H2,1-2H3. The first-order chi connectivity index (χ1) is 9.65. The van der Waals surface area contributed by atoms with Crippen LogP contribution in [0.4, 0.5) is 0 Å². The van der Waals surface area contributed by atoms with Crippen molar-refractivity contribution in [3.63, 3.8) is 0 Å². The highest BCUT2D eigenvalue weighted by molar-refractivity contribution is 5.70. The molecule has 0 unspecified atom stereocenters. The number of nitrogens with zero attached hydrogens (tertiary/aromatic N) is 3. The summed E-state index contributed by atoms with van der Waals surface area (Å²) in [5.41, 5.74) is 0.540. The predicted molar refractivity (Wildman–Crippen MR) is 66.7 cm³/mol. The topological polar surface area (TPSA) is 95.7 Å². The Morgan fingerprint density at radius 3 is 2.80 bits per heavy atom. The molecular weight excluding hydrogens is 266 g/mol. The SMILES string of the molecule is COC(=O)COc1nc(-c2ccccc2OC)n(O)n1. The fraction of sp³-hybridized carbons (Fsp3) is 0.250. The van der Waals surface area contributed by atoms with Gasteiger partial charge < -0.3 is 19.4 Å². The highest BCUT2D eigenvalue weighted by atomic mass is 16.6. The monoisotopic (exact) mass is 279 g/mol. The second-order valence-corrected chi connectivity index (χ2v) is 3.67. The van der Waals surface area contributed by atoms with Gasteiger partial charge in [-0.2, -0.15) is 4.98 Å². The van der Waals surface area contributed by atoms with E-state index in [-0.39, 0.29) is 18.4 Å². The molecular formula is C12H13N3O5. The van der Waals surface area contributed by atoms with Gasteiger partial charge in [-0.1, -0.05) is 22.1 Å². The van der Waals surface area contributed by atoms with E-state index in [9.17, 15) is 10.0 Å². The molecule has 0 amide bonds. The van der Waals surface area contributed by atoms with Crippen molar-refractivity contribution in [2.75, 3.05) is 20.8 Å². The van der Waals surface area contributed by atoms with Crippen molar-refractivity contribution in [1.82, 2.24) is 14.9 Å². The highest BCUT2D eigenvalue weighted by Crippen LogP contribution is 2.28. The molecule has 1 aromatic heterocycles. The lowest BCUT2D eigenvalue weighted by Crippen LogP contribution is -2.13. The number of carbonyl (C=O) groups is 1. The molecule has 0 bridgehead atoms. The average molecular weight is 279 g/mol. The van der Waals surface area contributed by atoms with Gasteiger partial charge in [-0.25, -0.2) is 4.79 Å². The number of ether oxygens (including phenoxy) is 3. The molecule has 20 heavy (non-hydrogen) atoms. The molecule has 0 aliphatic carbocycles. The van der Waals surface area contributed by atoms with E-state index in [2.05, 4.69) is 14.8 Å². The summed E-state index contributed by atoms with van der Waals surface area (Å²) in [5, 5.41) is 13.4. The molecule has 8 nitrogen and oxygen atoms in total. The van der Waals surface area contributed by atoms with E-state index in [0.29, 0.717) is 16.2 Å². The van der Waals surface area contributed by atoms with Crippen LogP contribution in [0.25, 0.3) is 11.4 Å². The maximum absolute atomic E-state index is 11.0. The minimum atomic E-state index is -0.571. The van der Waals surface area contributed by atoms with Gasteiger partial charge in [-0.3, -0.25) is 0 Å². The molecule has 2 rings (SSSR count). The van der Waals surface area contributed by atoms with Crippen LogP contribution in [-0.2, 0) is 9.53 Å². The second kappa shape index (κ2) is 5.91. The van der Waals surface area contributed by atoms with Crippen LogP contribution in [0.1, 0.15) is 0 Å². The lowest BCUT2D eigenvalue weighted by atomic mass is 10.2. The Morgan fingerprint density at radius 1 is 1.35 bits per heavy atom. The van der Waals surface area contributed by atoms with Gasteiger partial charge in [0.05, 0.1) is 19.8 Å². The van der Waals surface area contributed by atoms with Crippen molar-refractivity contribution in [3.8, 4) is 23.1 Å². The number of esters is 1. The van der Waals surface area contributed by atoms with Gasteiger partial charge in [-0.05, 0) is 12.1 Å². The van der Waals surface area contributed by atoms with E-state index in [0.717, 1.165) is 0 Å². The smallest absolute Gasteiger partial charge is 0.344 e. The molecule has 1 aromatic carbocycles. The minimum Gasteiger partial charge on any atom is -0.496 e. The van der Waals surface area contributed by atoms with E-state index < -0.39 is 5.97 Å². The average Bonchev–Trinajstić information content (AvgIpc) is 2.85. The summed E-state index contributed by atoms with van der Waals surface area (Å²) in [5.74, 6) is 0.0927. The van der Waals surface area contributed by atoms with E-state index in [1.54, 1.807) is 24.3 Å². The van der Waals surface area contributed by atoms with E-state index in [1.807, 2.05) is 0 Å². The Hall–Kier alpha value is -2.77. The van der Waals surface area contributed by atoms with Crippen LogP contribution >= 0.6 is 0 Å². The second-order valence-electron chi connectivity index (χ2n) is 3.67. The zero-order valence-electron chi connectivity index (χ0n) is 10.9. The molecule has 0 aliphatic heterocycles.